The predicted octanol–water partition coefficient (Wildman–Crippen LogP) is -11.2. The molecular formula is C37H64O35P2. The molecule has 5 heterocycles. The minimum atomic E-state index is -3.50. The third-order valence-corrected chi connectivity index (χ3v) is 13.1. The lowest BCUT2D eigenvalue weighted by Crippen LogP contribution is -2.67. The molecule has 0 radical (unpaired) electrons. The Bertz CT molecular complexity index is 1820. The summed E-state index contributed by atoms with van der Waals surface area (Å²) in [4.78, 5) is 0. The Labute approximate surface area is 418 Å². The van der Waals surface area contributed by atoms with Gasteiger partial charge in [-0.05, 0) is 6.92 Å². The Morgan fingerprint density at radius 3 is 1.32 bits per heavy atom. The van der Waals surface area contributed by atoms with E-state index in [2.05, 4.69) is 9.05 Å². The molecule has 0 spiro atoms. The molecule has 37 heteroatoms. The first kappa shape index (κ1) is 63.4. The summed E-state index contributed by atoms with van der Waals surface area (Å²) in [5.74, 6) is 0. The molecule has 5 fully saturated rings. The Hall–Kier alpha value is -1.44. The van der Waals surface area contributed by atoms with Crippen LogP contribution in [0.5, 0.6) is 0 Å². The van der Waals surface area contributed by atoms with Crippen LogP contribution in [0.1, 0.15) is 6.92 Å². The topological polar surface area (TPSA) is 552 Å². The van der Waals surface area contributed by atoms with Gasteiger partial charge in [0.1, 0.15) is 134 Å². The van der Waals surface area contributed by atoms with Crippen LogP contribution in [-0.2, 0) is 79.4 Å². The summed E-state index contributed by atoms with van der Waals surface area (Å²) >= 11 is 0. The second-order valence-corrected chi connectivity index (χ2v) is 18.9. The number of hydrogen-bond acceptors (Lipinski definition) is 35. The van der Waals surface area contributed by atoms with Crippen molar-refractivity contribution >= 4 is 15.8 Å². The van der Waals surface area contributed by atoms with Crippen molar-refractivity contribution in [2.75, 3.05) is 46.2 Å². The quantitative estimate of drug-likeness (QED) is 0.0298. The van der Waals surface area contributed by atoms with Gasteiger partial charge in [-0.15, -0.1) is 0 Å². The van der Waals surface area contributed by atoms with Crippen LogP contribution in [0.25, 0.3) is 0 Å². The number of aliphatic hydroxyl groups is 18. The highest BCUT2D eigenvalue weighted by Gasteiger charge is 2.55. The molecule has 5 rings (SSSR count). The van der Waals surface area contributed by atoms with Crippen LogP contribution in [0, 0.1) is 0 Å². The molecule has 0 aromatic heterocycles. The standard InChI is InChI=1S/C37H64O35P2/c1-9(41)13(5-61-36-30(24(50)17(43)11(3-39)65-36)71-34-26(52)22(48)19(45)15(68-34)7-62-73(56)57)67-33(10(42)2-38)60-6-14-21(47)29(28(54)32(55)64-14)70-37-31(25(51)18(44)12(4-40)66-37)72-35-27(53)23(49)20(46)16(69-35)8-63-74(58)59/h9-55H,2-8H2,1H3/t9-,10+,11?,12?,13?,14?,15?,16?,17+,18+,19+,20+,21+,22?,23?,24?,25?,26+,27+,28+,29?,30+,31+,32+,33-,34+,35+,36-,37+/m0/s1. The van der Waals surface area contributed by atoms with E-state index in [-0.39, 0.29) is 0 Å². The Kier molecular flexibility index (Phi) is 24.5. The van der Waals surface area contributed by atoms with E-state index >= 15 is 0 Å². The first-order valence-electron chi connectivity index (χ1n) is 22.6. The summed E-state index contributed by atoms with van der Waals surface area (Å²) in [6, 6.07) is 0. The highest BCUT2D eigenvalue weighted by molar-refractivity contribution is 7.24. The van der Waals surface area contributed by atoms with Crippen LogP contribution < -0.4 is 0 Å². The summed E-state index contributed by atoms with van der Waals surface area (Å²) in [5.41, 5.74) is 0. The van der Waals surface area contributed by atoms with Crippen LogP contribution >= 0.6 is 15.8 Å². The Morgan fingerprint density at radius 2 is 0.878 bits per heavy atom. The molecule has 432 valence electrons. The summed E-state index contributed by atoms with van der Waals surface area (Å²) in [6.45, 7) is -5.53. The second kappa shape index (κ2) is 28.6. The van der Waals surface area contributed by atoms with Gasteiger partial charge in [-0.25, -0.2) is 18.3 Å². The van der Waals surface area contributed by atoms with Crippen molar-refractivity contribution in [3.05, 3.63) is 0 Å². The summed E-state index contributed by atoms with van der Waals surface area (Å²) < 4.78 is 114. The minimum Gasteiger partial charge on any atom is -0.394 e. The van der Waals surface area contributed by atoms with Crippen molar-refractivity contribution in [2.24, 2.45) is 0 Å². The van der Waals surface area contributed by atoms with Gasteiger partial charge in [-0.2, -0.15) is 0 Å². The van der Waals surface area contributed by atoms with Gasteiger partial charge in [-0.1, -0.05) is 0 Å². The van der Waals surface area contributed by atoms with Crippen molar-refractivity contribution in [1.29, 1.82) is 0 Å². The van der Waals surface area contributed by atoms with E-state index in [0.717, 1.165) is 6.92 Å². The van der Waals surface area contributed by atoms with Crippen LogP contribution in [0.3, 0.4) is 0 Å². The van der Waals surface area contributed by atoms with E-state index in [4.69, 9.17) is 52.1 Å². The van der Waals surface area contributed by atoms with Crippen LogP contribution in [0.4, 0.5) is 0 Å². The molecule has 18 N–H and O–H groups in total. The Balaban J connectivity index is 1.29. The summed E-state index contributed by atoms with van der Waals surface area (Å²) in [6.07, 6.45) is -57.1. The van der Waals surface area contributed by atoms with E-state index < -0.39 is 240 Å². The van der Waals surface area contributed by atoms with Gasteiger partial charge in [-0.3, -0.25) is 9.05 Å². The Morgan fingerprint density at radius 1 is 0.459 bits per heavy atom. The maximum Gasteiger partial charge on any atom is 0.468 e. The second-order valence-electron chi connectivity index (χ2n) is 17.5. The molecule has 5 saturated heterocycles. The third kappa shape index (κ3) is 15.5. The van der Waals surface area contributed by atoms with Crippen molar-refractivity contribution in [1.82, 2.24) is 0 Å². The number of ether oxygens (including phenoxy) is 11. The predicted molar refractivity (Wildman–Crippen MR) is 220 cm³/mol. The molecule has 0 bridgehead atoms. The van der Waals surface area contributed by atoms with Gasteiger partial charge in [0.2, 0.25) is 0 Å². The van der Waals surface area contributed by atoms with E-state index in [1.54, 1.807) is 0 Å². The minimum absolute atomic E-state index is 0.856. The number of rotatable bonds is 25. The average Bonchev–Trinajstić information content (AvgIpc) is 3.36. The van der Waals surface area contributed by atoms with Gasteiger partial charge >= 0.3 is 15.8 Å². The molecule has 0 aromatic carbocycles. The smallest absolute Gasteiger partial charge is 0.394 e. The molecule has 5 aliphatic heterocycles. The van der Waals surface area contributed by atoms with Gasteiger partial charge in [0.25, 0.3) is 0 Å². The third-order valence-electron chi connectivity index (χ3n) is 12.4. The van der Waals surface area contributed by atoms with Gasteiger partial charge < -0.3 is 144 Å². The maximum atomic E-state index is 11.5. The normalized spacial score (nSPS) is 44.8. The fourth-order valence-corrected chi connectivity index (χ4v) is 8.64. The fourth-order valence-electron chi connectivity index (χ4n) is 8.10. The van der Waals surface area contributed by atoms with Crippen molar-refractivity contribution < 1.29 is 171 Å². The lowest BCUT2D eigenvalue weighted by Gasteiger charge is -2.48. The SMILES string of the molecule is C[C@H](O)C(CO[C@H]1OC(CO)[C@@H](O)C(O)[C@H]1O[C@H]1OC(COP(=O)=O)[C@@H](O)C(O)[C@H]1O)O[C@H](OCC1O[C@@H](O)[C@H](O)C(O[C@H]2OC(CO)[C@@H](O)C(O)[C@H]2O[C@H]2OC(COP(=O)=O)[C@@H](O)C(O)[C@H]2O)[C@@H]1O)[C@H](O)CO. The lowest BCUT2D eigenvalue weighted by atomic mass is 9.96. The van der Waals surface area contributed by atoms with Crippen molar-refractivity contribution in [3.63, 3.8) is 0 Å². The first-order valence-corrected chi connectivity index (χ1v) is 24.7. The van der Waals surface area contributed by atoms with Gasteiger partial charge in [0.05, 0.1) is 52.4 Å². The molecule has 0 aromatic rings. The van der Waals surface area contributed by atoms with E-state index in [1.165, 1.54) is 0 Å². The van der Waals surface area contributed by atoms with E-state index in [9.17, 15) is 110 Å². The van der Waals surface area contributed by atoms with E-state index in [0.29, 0.717) is 0 Å². The zero-order valence-electron chi connectivity index (χ0n) is 38.6. The van der Waals surface area contributed by atoms with E-state index in [1.807, 2.05) is 0 Å². The van der Waals surface area contributed by atoms with Crippen LogP contribution in [0.2, 0.25) is 0 Å². The molecule has 74 heavy (non-hydrogen) atoms. The zero-order chi connectivity index (χ0) is 55.0. The average molecular weight is 1130 g/mol. The highest BCUT2D eigenvalue weighted by atomic mass is 31.1. The van der Waals surface area contributed by atoms with Crippen molar-refractivity contribution in [2.45, 2.75) is 185 Å². The largest absolute Gasteiger partial charge is 0.468 e. The highest BCUT2D eigenvalue weighted by Crippen LogP contribution is 2.35. The fraction of sp³-hybridized carbons (Fsp3) is 1.00. The lowest BCUT2D eigenvalue weighted by molar-refractivity contribution is -0.388. The molecule has 35 nitrogen and oxygen atoms in total. The molecule has 5 aliphatic rings. The molecule has 0 saturated carbocycles. The van der Waals surface area contributed by atoms with Crippen LogP contribution in [-0.4, -0.2) is 316 Å². The number of aliphatic hydroxyl groups excluding tert-OH is 18. The molecule has 29 atom stereocenters. The summed E-state index contributed by atoms with van der Waals surface area (Å²) in [7, 11) is -6.97. The molecular weight excluding hydrogens is 1070 g/mol. The van der Waals surface area contributed by atoms with Gasteiger partial charge in [0.15, 0.2) is 37.7 Å². The molecule has 11 unspecified atom stereocenters. The number of hydrogen-bond donors (Lipinski definition) is 18. The summed E-state index contributed by atoms with van der Waals surface area (Å²) in [5, 5.41) is 190. The molecule has 0 amide bonds. The maximum absolute atomic E-state index is 11.5. The van der Waals surface area contributed by atoms with Crippen LogP contribution in [0.15, 0.2) is 0 Å². The van der Waals surface area contributed by atoms with Gasteiger partial charge in [0, 0.05) is 0 Å². The molecule has 0 aliphatic carbocycles. The monoisotopic (exact) mass is 1130 g/mol. The van der Waals surface area contributed by atoms with Crippen molar-refractivity contribution in [3.8, 4) is 0 Å². The first-order chi connectivity index (χ1) is 34.8. The zero-order valence-corrected chi connectivity index (χ0v) is 40.4.